The normalized spacial score (nSPS) is 11.7. The van der Waals surface area contributed by atoms with Crippen molar-refractivity contribution in [1.29, 1.82) is 0 Å². The van der Waals surface area contributed by atoms with Gasteiger partial charge in [-0.2, -0.15) is 0 Å². The van der Waals surface area contributed by atoms with E-state index in [9.17, 15) is 4.79 Å². The van der Waals surface area contributed by atoms with Crippen molar-refractivity contribution in [2.45, 2.75) is 26.8 Å². The molecule has 0 saturated heterocycles. The summed E-state index contributed by atoms with van der Waals surface area (Å²) in [5, 5.41) is 1.10. The lowest BCUT2D eigenvalue weighted by atomic mass is 10.3. The number of para-hydroxylation sites is 2. The molecule has 0 aliphatic carbocycles. The number of ether oxygens (including phenoxy) is 1. The van der Waals surface area contributed by atoms with Crippen LogP contribution in [0.4, 0.5) is 0 Å². The Labute approximate surface area is 189 Å². The Balaban J connectivity index is 1.83. The van der Waals surface area contributed by atoms with Gasteiger partial charge in [-0.1, -0.05) is 23.7 Å². The van der Waals surface area contributed by atoms with E-state index in [1.807, 2.05) is 66.9 Å². The third-order valence-electron chi connectivity index (χ3n) is 5.51. The van der Waals surface area contributed by atoms with E-state index in [-0.39, 0.29) is 5.56 Å². The van der Waals surface area contributed by atoms with E-state index in [2.05, 4.69) is 0 Å². The molecule has 32 heavy (non-hydrogen) atoms. The van der Waals surface area contributed by atoms with Crippen LogP contribution in [0.25, 0.3) is 38.9 Å². The zero-order valence-electron chi connectivity index (χ0n) is 17.9. The van der Waals surface area contributed by atoms with E-state index in [0.29, 0.717) is 52.8 Å². The van der Waals surface area contributed by atoms with Gasteiger partial charge in [0, 0.05) is 30.5 Å². The van der Waals surface area contributed by atoms with Crippen LogP contribution in [0.2, 0.25) is 5.02 Å². The van der Waals surface area contributed by atoms with Crippen molar-refractivity contribution in [3.05, 3.63) is 69.7 Å². The number of halogens is 1. The quantitative estimate of drug-likeness (QED) is 0.353. The number of fused-ring (bicyclic) bond motifs is 4. The molecular formula is C24H22ClN5O2. The molecule has 0 unspecified atom stereocenters. The molecular weight excluding hydrogens is 426 g/mol. The van der Waals surface area contributed by atoms with Crippen molar-refractivity contribution in [2.24, 2.45) is 0 Å². The van der Waals surface area contributed by atoms with E-state index in [1.54, 1.807) is 4.57 Å². The lowest BCUT2D eigenvalue weighted by Gasteiger charge is -2.11. The summed E-state index contributed by atoms with van der Waals surface area (Å²) in [6, 6.07) is 15.1. The van der Waals surface area contributed by atoms with Crippen LogP contribution >= 0.6 is 11.6 Å². The molecule has 5 rings (SSSR count). The fourth-order valence-corrected chi connectivity index (χ4v) is 4.12. The monoisotopic (exact) mass is 447 g/mol. The van der Waals surface area contributed by atoms with E-state index in [1.165, 1.54) is 0 Å². The van der Waals surface area contributed by atoms with Gasteiger partial charge in [-0.25, -0.2) is 15.0 Å². The van der Waals surface area contributed by atoms with Crippen molar-refractivity contribution in [1.82, 2.24) is 24.1 Å². The lowest BCUT2D eigenvalue weighted by molar-refractivity contribution is 0.141. The summed E-state index contributed by atoms with van der Waals surface area (Å²) in [6.07, 6.45) is 0.728. The van der Waals surface area contributed by atoms with Gasteiger partial charge in [0.15, 0.2) is 11.3 Å². The third kappa shape index (κ3) is 3.43. The molecule has 3 aromatic heterocycles. The van der Waals surface area contributed by atoms with E-state index in [4.69, 9.17) is 31.3 Å². The summed E-state index contributed by atoms with van der Waals surface area (Å²) in [7, 11) is 0. The third-order valence-corrected chi connectivity index (χ3v) is 5.76. The number of nitrogens with zero attached hydrogens (tertiary/aromatic N) is 5. The summed E-state index contributed by atoms with van der Waals surface area (Å²) in [5.74, 6) is 0.640. The van der Waals surface area contributed by atoms with Crippen LogP contribution in [-0.4, -0.2) is 37.3 Å². The highest BCUT2D eigenvalue weighted by Crippen LogP contribution is 2.29. The highest BCUT2D eigenvalue weighted by molar-refractivity contribution is 6.30. The summed E-state index contributed by atoms with van der Waals surface area (Å²) in [5.41, 5.74) is 3.87. The minimum absolute atomic E-state index is 0.119. The van der Waals surface area contributed by atoms with Crippen LogP contribution in [0.15, 0.2) is 53.3 Å². The highest BCUT2D eigenvalue weighted by Gasteiger charge is 2.22. The molecule has 0 spiro atoms. The molecule has 0 atom stereocenters. The molecule has 0 bridgehead atoms. The number of hydrogen-bond acceptors (Lipinski definition) is 5. The Morgan fingerprint density at radius 2 is 1.69 bits per heavy atom. The number of hydrogen-bond donors (Lipinski definition) is 0. The van der Waals surface area contributed by atoms with Crippen LogP contribution in [0.5, 0.6) is 0 Å². The van der Waals surface area contributed by atoms with E-state index in [0.717, 1.165) is 23.1 Å². The van der Waals surface area contributed by atoms with E-state index >= 15 is 0 Å². The molecule has 8 heteroatoms. The molecule has 0 radical (unpaired) electrons. The Bertz CT molecular complexity index is 1510. The fraction of sp³-hybridized carbons (Fsp3) is 0.250. The zero-order chi connectivity index (χ0) is 22.2. The zero-order valence-corrected chi connectivity index (χ0v) is 18.6. The van der Waals surface area contributed by atoms with Gasteiger partial charge in [-0.3, -0.25) is 13.9 Å². The van der Waals surface area contributed by atoms with Gasteiger partial charge < -0.3 is 4.74 Å². The Kier molecular flexibility index (Phi) is 5.36. The lowest BCUT2D eigenvalue weighted by Crippen LogP contribution is -2.24. The molecule has 3 heterocycles. The summed E-state index contributed by atoms with van der Waals surface area (Å²) in [4.78, 5) is 28.2. The first kappa shape index (κ1) is 20.6. The Hall–Kier alpha value is -3.29. The van der Waals surface area contributed by atoms with Crippen molar-refractivity contribution < 1.29 is 4.74 Å². The van der Waals surface area contributed by atoms with Gasteiger partial charge in [0.25, 0.3) is 5.56 Å². The second-order valence-electron chi connectivity index (χ2n) is 7.56. The molecule has 2 aromatic carbocycles. The van der Waals surface area contributed by atoms with Crippen LogP contribution in [0.1, 0.15) is 19.2 Å². The summed E-state index contributed by atoms with van der Waals surface area (Å²) >= 11 is 6.11. The molecule has 0 amide bonds. The number of benzene rings is 2. The second-order valence-corrected chi connectivity index (χ2v) is 8.00. The van der Waals surface area contributed by atoms with Crippen LogP contribution in [0.3, 0.4) is 0 Å². The number of aromatic nitrogens is 5. The predicted octanol–water partition coefficient (Wildman–Crippen LogP) is 4.67. The molecule has 0 aliphatic rings. The van der Waals surface area contributed by atoms with Crippen LogP contribution < -0.4 is 5.56 Å². The molecule has 0 fully saturated rings. The van der Waals surface area contributed by atoms with Crippen molar-refractivity contribution >= 4 is 44.8 Å². The largest absolute Gasteiger partial charge is 0.382 e. The highest BCUT2D eigenvalue weighted by atomic mass is 35.5. The van der Waals surface area contributed by atoms with Crippen LogP contribution in [0, 0.1) is 6.92 Å². The van der Waals surface area contributed by atoms with E-state index < -0.39 is 0 Å². The maximum Gasteiger partial charge on any atom is 0.265 e. The molecule has 5 aromatic rings. The first-order valence-electron chi connectivity index (χ1n) is 10.6. The average Bonchev–Trinajstić information content (AvgIpc) is 3.10. The van der Waals surface area contributed by atoms with Gasteiger partial charge in [-0.15, -0.1) is 0 Å². The number of aryl methyl sites for hydroxylation is 1. The van der Waals surface area contributed by atoms with Gasteiger partial charge in [0.2, 0.25) is 0 Å². The average molecular weight is 448 g/mol. The van der Waals surface area contributed by atoms with Gasteiger partial charge in [0.05, 0.1) is 11.0 Å². The fourth-order valence-electron chi connectivity index (χ4n) is 4.00. The topological polar surface area (TPSA) is 74.8 Å². The summed E-state index contributed by atoms with van der Waals surface area (Å²) < 4.78 is 9.03. The maximum atomic E-state index is 13.6. The second kappa shape index (κ2) is 8.33. The first-order valence-corrected chi connectivity index (χ1v) is 11.0. The van der Waals surface area contributed by atoms with Crippen LogP contribution in [-0.2, 0) is 11.3 Å². The minimum atomic E-state index is -0.119. The number of rotatable bonds is 6. The molecule has 0 aliphatic heterocycles. The minimum Gasteiger partial charge on any atom is -0.382 e. The molecule has 162 valence electrons. The molecule has 7 nitrogen and oxygen atoms in total. The smallest absolute Gasteiger partial charge is 0.265 e. The maximum absolute atomic E-state index is 13.6. The standard InChI is InChI=1S/C24H22ClN5O2/c1-3-32-14-6-13-29-15(2)26-22-20(24(29)31)21-23(28-19-8-5-4-7-18(19)27-21)30(22)17-11-9-16(25)10-12-17/h4-5,7-12H,3,6,13-14H2,1-2H3. The molecule has 0 N–H and O–H groups in total. The predicted molar refractivity (Wildman–Crippen MR) is 127 cm³/mol. The van der Waals surface area contributed by atoms with Gasteiger partial charge >= 0.3 is 0 Å². The Morgan fingerprint density at radius 1 is 0.969 bits per heavy atom. The van der Waals surface area contributed by atoms with Crippen molar-refractivity contribution in [2.75, 3.05) is 13.2 Å². The first-order chi connectivity index (χ1) is 15.6. The SMILES string of the molecule is CCOCCCn1c(C)nc2c(c1=O)c1nc3ccccc3nc1n2-c1ccc(Cl)cc1. The Morgan fingerprint density at radius 3 is 2.41 bits per heavy atom. The van der Waals surface area contributed by atoms with Gasteiger partial charge in [-0.05, 0) is 56.7 Å². The van der Waals surface area contributed by atoms with Crippen molar-refractivity contribution in [3.63, 3.8) is 0 Å². The van der Waals surface area contributed by atoms with Gasteiger partial charge in [0.1, 0.15) is 16.7 Å². The van der Waals surface area contributed by atoms with Crippen molar-refractivity contribution in [3.8, 4) is 5.69 Å². The molecule has 0 saturated carbocycles. The summed E-state index contributed by atoms with van der Waals surface area (Å²) in [6.45, 7) is 5.59.